The van der Waals surface area contributed by atoms with Gasteiger partial charge in [-0.25, -0.2) is 4.98 Å². The Bertz CT molecular complexity index is 586. The van der Waals surface area contributed by atoms with Crippen molar-refractivity contribution in [2.75, 3.05) is 43.0 Å². The number of thiazole rings is 1. The monoisotopic (exact) mass is 321 g/mol. The van der Waals surface area contributed by atoms with Gasteiger partial charge in [-0.05, 0) is 12.1 Å². The van der Waals surface area contributed by atoms with Crippen LogP contribution in [0.25, 0.3) is 10.2 Å². The Balaban J connectivity index is 1.49. The van der Waals surface area contributed by atoms with Crippen LogP contribution in [-0.2, 0) is 0 Å². The third-order valence-electron chi connectivity index (χ3n) is 3.29. The number of fused-ring (bicyclic) bond motifs is 1. The largest absolute Gasteiger partial charge is 0.370 e. The van der Waals surface area contributed by atoms with Crippen molar-refractivity contribution in [3.8, 4) is 0 Å². The SMILES string of the molecule is NC(=NCCNc1nc2ccccc2s1)N1CCSCC1. The van der Waals surface area contributed by atoms with Crippen molar-refractivity contribution in [1.82, 2.24) is 9.88 Å². The van der Waals surface area contributed by atoms with Gasteiger partial charge in [0, 0.05) is 31.1 Å². The van der Waals surface area contributed by atoms with E-state index in [-0.39, 0.29) is 0 Å². The van der Waals surface area contributed by atoms with E-state index in [4.69, 9.17) is 5.73 Å². The summed E-state index contributed by atoms with van der Waals surface area (Å²) in [4.78, 5) is 11.1. The number of para-hydroxylation sites is 1. The molecule has 112 valence electrons. The number of nitrogens with zero attached hydrogens (tertiary/aromatic N) is 3. The van der Waals surface area contributed by atoms with Gasteiger partial charge < -0.3 is 16.0 Å². The summed E-state index contributed by atoms with van der Waals surface area (Å²) in [5.74, 6) is 2.95. The molecule has 0 amide bonds. The van der Waals surface area contributed by atoms with E-state index >= 15 is 0 Å². The maximum absolute atomic E-state index is 6.02. The van der Waals surface area contributed by atoms with E-state index in [0.29, 0.717) is 12.5 Å². The highest BCUT2D eigenvalue weighted by molar-refractivity contribution is 7.99. The van der Waals surface area contributed by atoms with Crippen molar-refractivity contribution >= 4 is 44.4 Å². The Morgan fingerprint density at radius 3 is 2.95 bits per heavy atom. The molecular weight excluding hydrogens is 302 g/mol. The molecule has 0 unspecified atom stereocenters. The van der Waals surface area contributed by atoms with Crippen molar-refractivity contribution < 1.29 is 0 Å². The van der Waals surface area contributed by atoms with Crippen molar-refractivity contribution in [2.45, 2.75) is 0 Å². The Labute approximate surface area is 132 Å². The van der Waals surface area contributed by atoms with Crippen LogP contribution in [0.4, 0.5) is 5.13 Å². The maximum Gasteiger partial charge on any atom is 0.191 e. The molecule has 1 aromatic carbocycles. The van der Waals surface area contributed by atoms with Gasteiger partial charge in [-0.3, -0.25) is 4.99 Å². The Morgan fingerprint density at radius 1 is 1.33 bits per heavy atom. The Hall–Kier alpha value is -1.47. The molecule has 0 aliphatic carbocycles. The highest BCUT2D eigenvalue weighted by atomic mass is 32.2. The molecule has 2 heterocycles. The van der Waals surface area contributed by atoms with Crippen molar-refractivity contribution in [2.24, 2.45) is 10.7 Å². The smallest absolute Gasteiger partial charge is 0.191 e. The third kappa shape index (κ3) is 3.79. The lowest BCUT2D eigenvalue weighted by Gasteiger charge is -2.27. The zero-order valence-corrected chi connectivity index (χ0v) is 13.4. The first-order valence-corrected chi connectivity index (χ1v) is 9.02. The number of aromatic nitrogens is 1. The second-order valence-electron chi connectivity index (χ2n) is 4.75. The first-order valence-electron chi connectivity index (χ1n) is 7.05. The van der Waals surface area contributed by atoms with E-state index in [2.05, 4.69) is 26.3 Å². The second-order valence-corrected chi connectivity index (χ2v) is 7.01. The van der Waals surface area contributed by atoms with Gasteiger partial charge >= 0.3 is 0 Å². The third-order valence-corrected chi connectivity index (χ3v) is 5.23. The number of hydrogen-bond donors (Lipinski definition) is 2. The fraction of sp³-hybridized carbons (Fsp3) is 0.429. The van der Waals surface area contributed by atoms with Crippen LogP contribution >= 0.6 is 23.1 Å². The summed E-state index contributed by atoms with van der Waals surface area (Å²) in [6, 6.07) is 8.16. The van der Waals surface area contributed by atoms with Crippen LogP contribution in [0.5, 0.6) is 0 Å². The number of nitrogens with two attached hydrogens (primary N) is 1. The lowest BCUT2D eigenvalue weighted by atomic mass is 10.3. The van der Waals surface area contributed by atoms with Crippen LogP contribution in [0, 0.1) is 0 Å². The summed E-state index contributed by atoms with van der Waals surface area (Å²) in [7, 11) is 0. The maximum atomic E-state index is 6.02. The van der Waals surface area contributed by atoms with Gasteiger partial charge in [-0.15, -0.1) is 0 Å². The van der Waals surface area contributed by atoms with Gasteiger partial charge in [0.25, 0.3) is 0 Å². The number of guanidine groups is 1. The molecule has 1 aromatic heterocycles. The van der Waals surface area contributed by atoms with Crippen molar-refractivity contribution in [3.63, 3.8) is 0 Å². The van der Waals surface area contributed by atoms with Gasteiger partial charge in [0.15, 0.2) is 11.1 Å². The van der Waals surface area contributed by atoms with Gasteiger partial charge in [0.05, 0.1) is 16.8 Å². The summed E-state index contributed by atoms with van der Waals surface area (Å²) >= 11 is 3.64. The Kier molecular flexibility index (Phi) is 4.82. The predicted molar refractivity (Wildman–Crippen MR) is 93.5 cm³/mol. The average Bonchev–Trinajstić information content (AvgIpc) is 2.95. The van der Waals surface area contributed by atoms with Crippen LogP contribution in [0.2, 0.25) is 0 Å². The summed E-state index contributed by atoms with van der Waals surface area (Å²) in [5, 5.41) is 4.26. The number of nitrogens with one attached hydrogen (secondary N) is 1. The first kappa shape index (κ1) is 14.5. The number of benzene rings is 1. The zero-order chi connectivity index (χ0) is 14.5. The van der Waals surface area contributed by atoms with E-state index in [1.54, 1.807) is 11.3 Å². The summed E-state index contributed by atoms with van der Waals surface area (Å²) < 4.78 is 1.20. The van der Waals surface area contributed by atoms with Crippen molar-refractivity contribution in [3.05, 3.63) is 24.3 Å². The first-order chi connectivity index (χ1) is 10.3. The quantitative estimate of drug-likeness (QED) is 0.513. The van der Waals surface area contributed by atoms with E-state index in [1.165, 1.54) is 4.70 Å². The van der Waals surface area contributed by atoms with Crippen LogP contribution in [0.1, 0.15) is 0 Å². The van der Waals surface area contributed by atoms with Crippen LogP contribution in [0.15, 0.2) is 29.3 Å². The average molecular weight is 321 g/mol. The minimum Gasteiger partial charge on any atom is -0.370 e. The zero-order valence-electron chi connectivity index (χ0n) is 11.8. The van der Waals surface area contributed by atoms with Gasteiger partial charge in [0.1, 0.15) is 0 Å². The molecule has 0 bridgehead atoms. The molecule has 0 spiro atoms. The molecule has 5 nitrogen and oxygen atoms in total. The standard InChI is InChI=1S/C14H19N5S2/c15-13(19-7-9-20-10-8-19)16-5-6-17-14-18-11-3-1-2-4-12(11)21-14/h1-4H,5-10H2,(H2,15,16)(H,17,18). The number of hydrogen-bond acceptors (Lipinski definition) is 5. The molecule has 0 saturated carbocycles. The summed E-state index contributed by atoms with van der Waals surface area (Å²) in [5.41, 5.74) is 7.06. The molecule has 1 fully saturated rings. The molecule has 21 heavy (non-hydrogen) atoms. The lowest BCUT2D eigenvalue weighted by Crippen LogP contribution is -2.42. The van der Waals surface area contributed by atoms with E-state index in [0.717, 1.165) is 41.8 Å². The highest BCUT2D eigenvalue weighted by Crippen LogP contribution is 2.24. The van der Waals surface area contributed by atoms with Crippen LogP contribution in [-0.4, -0.2) is 53.5 Å². The summed E-state index contributed by atoms with van der Waals surface area (Å²) in [6.07, 6.45) is 0. The van der Waals surface area contributed by atoms with Gasteiger partial charge in [-0.2, -0.15) is 11.8 Å². The number of rotatable bonds is 4. The van der Waals surface area contributed by atoms with Gasteiger partial charge in [-0.1, -0.05) is 23.5 Å². The number of anilines is 1. The summed E-state index contributed by atoms with van der Waals surface area (Å²) in [6.45, 7) is 3.44. The minimum atomic E-state index is 0.668. The topological polar surface area (TPSA) is 66.5 Å². The molecule has 0 atom stereocenters. The predicted octanol–water partition coefficient (Wildman–Crippen LogP) is 2.07. The highest BCUT2D eigenvalue weighted by Gasteiger charge is 2.11. The molecule has 3 N–H and O–H groups in total. The second kappa shape index (κ2) is 7.00. The minimum absolute atomic E-state index is 0.668. The van der Waals surface area contributed by atoms with Crippen LogP contribution in [0.3, 0.4) is 0 Å². The molecule has 1 saturated heterocycles. The van der Waals surface area contributed by atoms with E-state index in [9.17, 15) is 0 Å². The lowest BCUT2D eigenvalue weighted by molar-refractivity contribution is 0.456. The van der Waals surface area contributed by atoms with E-state index in [1.807, 2.05) is 30.0 Å². The molecule has 7 heteroatoms. The molecule has 2 aromatic rings. The van der Waals surface area contributed by atoms with E-state index < -0.39 is 0 Å². The fourth-order valence-electron chi connectivity index (χ4n) is 2.17. The number of thioether (sulfide) groups is 1. The molecule has 1 aliphatic rings. The van der Waals surface area contributed by atoms with Crippen LogP contribution < -0.4 is 11.1 Å². The molecule has 1 aliphatic heterocycles. The molecular formula is C14H19N5S2. The fourth-order valence-corrected chi connectivity index (χ4v) is 3.97. The van der Waals surface area contributed by atoms with Crippen molar-refractivity contribution in [1.29, 1.82) is 0 Å². The molecule has 3 rings (SSSR count). The van der Waals surface area contributed by atoms with Gasteiger partial charge in [0.2, 0.25) is 0 Å². The normalized spacial score (nSPS) is 16.4. The Morgan fingerprint density at radius 2 is 2.14 bits per heavy atom. The number of aliphatic imine (C=N–C) groups is 1. The molecule has 0 radical (unpaired) electrons.